The number of thioether (sulfide) groups is 2. The molecule has 3 rings (SSSR count). The number of esters is 1. The number of amides is 1. The molecular weight excluding hydrogens is 378 g/mol. The molecule has 0 radical (unpaired) electrons. The molecule has 0 aliphatic carbocycles. The highest BCUT2D eigenvalue weighted by atomic mass is 32.2. The summed E-state index contributed by atoms with van der Waals surface area (Å²) >= 11 is 3.84. The van der Waals surface area contributed by atoms with Gasteiger partial charge in [-0.1, -0.05) is 31.2 Å². The summed E-state index contributed by atoms with van der Waals surface area (Å²) in [6.45, 7) is 3.65. The summed E-state index contributed by atoms with van der Waals surface area (Å²) in [4.78, 5) is 24.6. The Bertz CT molecular complexity index is 784. The van der Waals surface area contributed by atoms with Gasteiger partial charge in [0.15, 0.2) is 6.10 Å². The van der Waals surface area contributed by atoms with Gasteiger partial charge in [0.2, 0.25) is 0 Å². The fraction of sp³-hybridized carbons (Fsp3) is 0.333. The molecule has 0 bridgehead atoms. The van der Waals surface area contributed by atoms with Crippen LogP contribution >= 0.6 is 23.5 Å². The smallest absolute Gasteiger partial charge is 0.338 e. The first-order valence-electron chi connectivity index (χ1n) is 9.00. The first kappa shape index (κ1) is 19.8. The molecule has 1 atom stereocenters. The molecule has 27 heavy (non-hydrogen) atoms. The molecule has 1 saturated heterocycles. The second-order valence-electron chi connectivity index (χ2n) is 6.28. The van der Waals surface area contributed by atoms with Gasteiger partial charge in [-0.05, 0) is 48.7 Å². The predicted molar refractivity (Wildman–Crippen MR) is 113 cm³/mol. The van der Waals surface area contributed by atoms with Gasteiger partial charge in [-0.3, -0.25) is 4.79 Å². The zero-order chi connectivity index (χ0) is 19.2. The third kappa shape index (κ3) is 5.30. The van der Waals surface area contributed by atoms with Gasteiger partial charge in [0, 0.05) is 17.2 Å². The van der Waals surface area contributed by atoms with Crippen molar-refractivity contribution in [3.05, 3.63) is 65.2 Å². The lowest BCUT2D eigenvalue weighted by Crippen LogP contribution is -2.30. The molecule has 1 aliphatic heterocycles. The van der Waals surface area contributed by atoms with Crippen LogP contribution in [-0.4, -0.2) is 29.5 Å². The Balaban J connectivity index is 1.54. The summed E-state index contributed by atoms with van der Waals surface area (Å²) in [5.74, 6) is 1.49. The fourth-order valence-electron chi connectivity index (χ4n) is 2.68. The molecule has 0 spiro atoms. The van der Waals surface area contributed by atoms with Crippen LogP contribution < -0.4 is 5.32 Å². The van der Waals surface area contributed by atoms with Gasteiger partial charge < -0.3 is 10.1 Å². The molecule has 2 aromatic rings. The maximum atomic E-state index is 12.3. The molecule has 0 saturated carbocycles. The molecular formula is C21H23NO3S2. The maximum Gasteiger partial charge on any atom is 0.338 e. The number of anilines is 1. The SMILES string of the molecule is CCc1ccc(NC(=O)C(C)OC(=O)c2ccc(C3SCCS3)cc2)cc1. The van der Waals surface area contributed by atoms with Crippen LogP contribution in [0.1, 0.15) is 39.9 Å². The Kier molecular flexibility index (Phi) is 6.85. The molecule has 1 N–H and O–H groups in total. The van der Waals surface area contributed by atoms with Gasteiger partial charge in [-0.25, -0.2) is 4.79 Å². The first-order valence-corrected chi connectivity index (χ1v) is 11.1. The predicted octanol–water partition coefficient (Wildman–Crippen LogP) is 4.91. The van der Waals surface area contributed by atoms with E-state index in [0.717, 1.165) is 17.9 Å². The summed E-state index contributed by atoms with van der Waals surface area (Å²) in [5, 5.41) is 2.77. The zero-order valence-corrected chi connectivity index (χ0v) is 17.1. The molecule has 4 nitrogen and oxygen atoms in total. The lowest BCUT2D eigenvalue weighted by Gasteiger charge is -2.14. The van der Waals surface area contributed by atoms with E-state index in [0.29, 0.717) is 15.8 Å². The van der Waals surface area contributed by atoms with E-state index in [1.807, 2.05) is 59.9 Å². The number of nitrogens with one attached hydrogen (secondary N) is 1. The molecule has 1 unspecified atom stereocenters. The highest BCUT2D eigenvalue weighted by molar-refractivity contribution is 8.19. The van der Waals surface area contributed by atoms with Gasteiger partial charge >= 0.3 is 5.97 Å². The van der Waals surface area contributed by atoms with Crippen molar-refractivity contribution in [1.29, 1.82) is 0 Å². The van der Waals surface area contributed by atoms with Crippen LogP contribution in [-0.2, 0) is 16.0 Å². The van der Waals surface area contributed by atoms with E-state index in [1.165, 1.54) is 11.1 Å². The second-order valence-corrected chi connectivity index (χ2v) is 9.01. The summed E-state index contributed by atoms with van der Waals surface area (Å²) in [5.41, 5.74) is 3.56. The number of carbonyl (C=O) groups excluding carboxylic acids is 2. The average Bonchev–Trinajstić information content (AvgIpc) is 3.23. The lowest BCUT2D eigenvalue weighted by atomic mass is 10.1. The highest BCUT2D eigenvalue weighted by Crippen LogP contribution is 2.45. The van der Waals surface area contributed by atoms with Crippen LogP contribution in [0.25, 0.3) is 0 Å². The van der Waals surface area contributed by atoms with Crippen molar-refractivity contribution in [1.82, 2.24) is 0 Å². The summed E-state index contributed by atoms with van der Waals surface area (Å²) in [6.07, 6.45) is 0.0723. The number of ether oxygens (including phenoxy) is 1. The molecule has 142 valence electrons. The topological polar surface area (TPSA) is 55.4 Å². The quantitative estimate of drug-likeness (QED) is 0.697. The van der Waals surface area contributed by atoms with Crippen molar-refractivity contribution < 1.29 is 14.3 Å². The molecule has 2 aromatic carbocycles. The van der Waals surface area contributed by atoms with Crippen molar-refractivity contribution >= 4 is 41.1 Å². The van der Waals surface area contributed by atoms with Crippen molar-refractivity contribution in [3.8, 4) is 0 Å². The molecule has 1 aliphatic rings. The average molecular weight is 402 g/mol. The van der Waals surface area contributed by atoms with Crippen LogP contribution in [0.2, 0.25) is 0 Å². The molecule has 1 amide bonds. The van der Waals surface area contributed by atoms with Gasteiger partial charge in [0.25, 0.3) is 5.91 Å². The number of hydrogen-bond donors (Lipinski definition) is 1. The molecule has 1 fully saturated rings. The minimum Gasteiger partial charge on any atom is -0.449 e. The monoisotopic (exact) mass is 401 g/mol. The van der Waals surface area contributed by atoms with Crippen LogP contribution in [0.3, 0.4) is 0 Å². The first-order chi connectivity index (χ1) is 13.1. The number of benzene rings is 2. The fourth-order valence-corrected chi connectivity index (χ4v) is 5.54. The third-order valence-corrected chi connectivity index (χ3v) is 7.43. The molecule has 0 aromatic heterocycles. The largest absolute Gasteiger partial charge is 0.449 e. The summed E-state index contributed by atoms with van der Waals surface area (Å²) in [6, 6.07) is 15.1. The van der Waals surface area contributed by atoms with Crippen LogP contribution in [0.5, 0.6) is 0 Å². The number of carbonyl (C=O) groups is 2. The van der Waals surface area contributed by atoms with E-state index in [-0.39, 0.29) is 5.91 Å². The summed E-state index contributed by atoms with van der Waals surface area (Å²) < 4.78 is 5.76. The molecule has 6 heteroatoms. The van der Waals surface area contributed by atoms with Crippen molar-refractivity contribution in [2.45, 2.75) is 31.0 Å². The number of aryl methyl sites for hydroxylation is 1. The van der Waals surface area contributed by atoms with Crippen molar-refractivity contribution in [3.63, 3.8) is 0 Å². The minimum absolute atomic E-state index is 0.344. The Morgan fingerprint density at radius 2 is 1.70 bits per heavy atom. The van der Waals surface area contributed by atoms with Crippen molar-refractivity contribution in [2.24, 2.45) is 0 Å². The Hall–Kier alpha value is -1.92. The van der Waals surface area contributed by atoms with E-state index in [4.69, 9.17) is 4.74 Å². The third-order valence-electron chi connectivity index (χ3n) is 4.32. The van der Waals surface area contributed by atoms with Crippen LogP contribution in [0, 0.1) is 0 Å². The number of rotatable bonds is 6. The maximum absolute atomic E-state index is 12.3. The van der Waals surface area contributed by atoms with Gasteiger partial charge in [-0.2, -0.15) is 0 Å². The van der Waals surface area contributed by atoms with Crippen LogP contribution in [0.4, 0.5) is 5.69 Å². The normalized spacial score (nSPS) is 15.3. The molecule has 1 heterocycles. The van der Waals surface area contributed by atoms with Gasteiger partial charge in [0.05, 0.1) is 10.1 Å². The van der Waals surface area contributed by atoms with E-state index in [2.05, 4.69) is 12.2 Å². The zero-order valence-electron chi connectivity index (χ0n) is 15.4. The van der Waals surface area contributed by atoms with E-state index < -0.39 is 12.1 Å². The van der Waals surface area contributed by atoms with Gasteiger partial charge in [-0.15, -0.1) is 23.5 Å². The van der Waals surface area contributed by atoms with Gasteiger partial charge in [0.1, 0.15) is 0 Å². The minimum atomic E-state index is -0.871. The lowest BCUT2D eigenvalue weighted by molar-refractivity contribution is -0.123. The van der Waals surface area contributed by atoms with Crippen molar-refractivity contribution in [2.75, 3.05) is 16.8 Å². The Labute approximate surface area is 168 Å². The Morgan fingerprint density at radius 3 is 2.30 bits per heavy atom. The van der Waals surface area contributed by atoms with E-state index in [1.54, 1.807) is 19.1 Å². The highest BCUT2D eigenvalue weighted by Gasteiger charge is 2.21. The Morgan fingerprint density at radius 1 is 1.07 bits per heavy atom. The number of hydrogen-bond acceptors (Lipinski definition) is 5. The van der Waals surface area contributed by atoms with E-state index >= 15 is 0 Å². The second kappa shape index (κ2) is 9.33. The standard InChI is InChI=1S/C21H23NO3S2/c1-3-15-4-10-18(11-5-15)22-19(23)14(2)25-20(24)16-6-8-17(9-7-16)21-26-12-13-27-21/h4-11,14,21H,3,12-13H2,1-2H3,(H,22,23). The van der Waals surface area contributed by atoms with Crippen LogP contribution in [0.15, 0.2) is 48.5 Å². The summed E-state index contributed by atoms with van der Waals surface area (Å²) in [7, 11) is 0. The van der Waals surface area contributed by atoms with E-state index in [9.17, 15) is 9.59 Å².